The Morgan fingerprint density at radius 2 is 1.79 bits per heavy atom. The number of fused-ring (bicyclic) bond motifs is 2. The molecular formula is C21H17NO7. The number of hydrogen-bond donors (Lipinski definition) is 1. The van der Waals surface area contributed by atoms with Crippen LogP contribution in [0.1, 0.15) is 17.5 Å². The molecule has 148 valence electrons. The molecule has 1 amide bonds. The van der Waals surface area contributed by atoms with E-state index in [0.717, 1.165) is 6.07 Å². The van der Waals surface area contributed by atoms with Crippen molar-refractivity contribution in [2.75, 3.05) is 18.5 Å². The second-order valence-corrected chi connectivity index (χ2v) is 6.37. The molecule has 1 aromatic heterocycles. The van der Waals surface area contributed by atoms with E-state index >= 15 is 0 Å². The van der Waals surface area contributed by atoms with E-state index in [4.69, 9.17) is 18.6 Å². The minimum absolute atomic E-state index is 0.264. The zero-order valence-electron chi connectivity index (χ0n) is 15.5. The first kappa shape index (κ1) is 18.5. The molecule has 0 bridgehead atoms. The number of ether oxygens (including phenoxy) is 3. The van der Waals surface area contributed by atoms with Crippen LogP contribution in [0.3, 0.4) is 0 Å². The van der Waals surface area contributed by atoms with Crippen LogP contribution in [-0.4, -0.2) is 31.2 Å². The Morgan fingerprint density at radius 3 is 2.62 bits per heavy atom. The molecule has 2 aromatic carbocycles. The van der Waals surface area contributed by atoms with Gasteiger partial charge in [0.25, 0.3) is 5.91 Å². The molecule has 0 saturated carbocycles. The summed E-state index contributed by atoms with van der Waals surface area (Å²) in [6.45, 7) is 2.32. The predicted molar refractivity (Wildman–Crippen MR) is 103 cm³/mol. The molecule has 0 radical (unpaired) electrons. The number of esters is 1. The van der Waals surface area contributed by atoms with Crippen LogP contribution in [0.15, 0.2) is 57.7 Å². The van der Waals surface area contributed by atoms with Crippen molar-refractivity contribution < 1.29 is 28.2 Å². The third-order valence-corrected chi connectivity index (χ3v) is 4.30. The quantitative estimate of drug-likeness (QED) is 0.678. The summed E-state index contributed by atoms with van der Waals surface area (Å²) in [6.07, 6.45) is -1.12. The Bertz CT molecular complexity index is 1150. The number of hydrogen-bond acceptors (Lipinski definition) is 7. The lowest BCUT2D eigenvalue weighted by Crippen LogP contribution is -2.30. The maximum absolute atomic E-state index is 12.4. The predicted octanol–water partition coefficient (Wildman–Crippen LogP) is 2.75. The van der Waals surface area contributed by atoms with Gasteiger partial charge in [-0.05, 0) is 31.2 Å². The van der Waals surface area contributed by atoms with E-state index in [9.17, 15) is 14.4 Å². The van der Waals surface area contributed by atoms with E-state index in [0.29, 0.717) is 35.8 Å². The van der Waals surface area contributed by atoms with Crippen molar-refractivity contribution in [2.45, 2.75) is 13.0 Å². The first-order valence-corrected chi connectivity index (χ1v) is 8.95. The molecule has 29 heavy (non-hydrogen) atoms. The summed E-state index contributed by atoms with van der Waals surface area (Å²) in [6, 6.07) is 12.6. The summed E-state index contributed by atoms with van der Waals surface area (Å²) < 4.78 is 21.5. The fourth-order valence-electron chi connectivity index (χ4n) is 2.84. The van der Waals surface area contributed by atoms with Crippen molar-refractivity contribution in [3.05, 3.63) is 64.5 Å². The Morgan fingerprint density at radius 1 is 1.03 bits per heavy atom. The molecule has 0 spiro atoms. The van der Waals surface area contributed by atoms with Crippen molar-refractivity contribution in [1.29, 1.82) is 0 Å². The molecule has 3 aromatic rings. The Kier molecular flexibility index (Phi) is 4.90. The summed E-state index contributed by atoms with van der Waals surface area (Å²) in [5.74, 6) is -0.597. The van der Waals surface area contributed by atoms with Crippen LogP contribution in [0.25, 0.3) is 11.0 Å². The molecule has 1 aliphatic rings. The lowest BCUT2D eigenvalue weighted by atomic mass is 10.2. The van der Waals surface area contributed by atoms with Crippen molar-refractivity contribution >= 4 is 28.5 Å². The first-order chi connectivity index (χ1) is 14.0. The Balaban J connectivity index is 1.44. The van der Waals surface area contributed by atoms with Crippen molar-refractivity contribution in [3.8, 4) is 11.5 Å². The number of para-hydroxylation sites is 1. The fourth-order valence-corrected chi connectivity index (χ4v) is 2.84. The van der Waals surface area contributed by atoms with Gasteiger partial charge in [0.05, 0.1) is 5.39 Å². The Labute approximate surface area is 165 Å². The van der Waals surface area contributed by atoms with E-state index in [1.165, 1.54) is 6.92 Å². The fraction of sp³-hybridized carbons (Fsp3) is 0.190. The summed E-state index contributed by atoms with van der Waals surface area (Å²) >= 11 is 0. The number of rotatable bonds is 4. The summed E-state index contributed by atoms with van der Waals surface area (Å²) in [4.78, 5) is 36.8. The third kappa shape index (κ3) is 3.91. The van der Waals surface area contributed by atoms with Gasteiger partial charge in [-0.1, -0.05) is 12.1 Å². The van der Waals surface area contributed by atoms with E-state index in [2.05, 4.69) is 5.32 Å². The van der Waals surface area contributed by atoms with Crippen LogP contribution in [0.5, 0.6) is 11.5 Å². The topological polar surface area (TPSA) is 104 Å². The number of amides is 1. The number of carbonyl (C=O) groups is 2. The van der Waals surface area contributed by atoms with Gasteiger partial charge < -0.3 is 23.9 Å². The standard InChI is InChI=1S/C21H17NO7/c1-12(20(24)22-13-6-7-17-18(10-13)27-9-8-26-17)28-21(25)19-11-15(23)14-4-2-3-5-16(14)29-19/h2-7,10-12H,8-9H2,1H3,(H,22,24). The van der Waals surface area contributed by atoms with Crippen LogP contribution in [0.4, 0.5) is 5.69 Å². The molecule has 1 N–H and O–H groups in total. The van der Waals surface area contributed by atoms with Gasteiger partial charge in [0, 0.05) is 17.8 Å². The zero-order valence-corrected chi connectivity index (χ0v) is 15.5. The minimum Gasteiger partial charge on any atom is -0.486 e. The SMILES string of the molecule is CC(OC(=O)c1cc(=O)c2ccccc2o1)C(=O)Nc1ccc2c(c1)OCCO2. The normalized spacial score (nSPS) is 13.6. The van der Waals surface area contributed by atoms with E-state index < -0.39 is 18.0 Å². The molecule has 1 aliphatic heterocycles. The molecule has 8 heteroatoms. The average Bonchev–Trinajstić information content (AvgIpc) is 2.73. The van der Waals surface area contributed by atoms with E-state index in [-0.39, 0.29) is 16.8 Å². The number of benzene rings is 2. The van der Waals surface area contributed by atoms with Crippen molar-refractivity contribution in [3.63, 3.8) is 0 Å². The molecule has 1 unspecified atom stereocenters. The molecule has 1 atom stereocenters. The largest absolute Gasteiger partial charge is 0.486 e. The second kappa shape index (κ2) is 7.67. The highest BCUT2D eigenvalue weighted by molar-refractivity contribution is 5.97. The highest BCUT2D eigenvalue weighted by atomic mass is 16.6. The van der Waals surface area contributed by atoms with Crippen molar-refractivity contribution in [2.24, 2.45) is 0 Å². The van der Waals surface area contributed by atoms with Crippen LogP contribution in [0.2, 0.25) is 0 Å². The number of carbonyl (C=O) groups excluding carboxylic acids is 2. The van der Waals surface area contributed by atoms with Gasteiger partial charge >= 0.3 is 5.97 Å². The van der Waals surface area contributed by atoms with Crippen LogP contribution in [-0.2, 0) is 9.53 Å². The van der Waals surface area contributed by atoms with Gasteiger partial charge in [0.15, 0.2) is 23.0 Å². The number of nitrogens with one attached hydrogen (secondary N) is 1. The smallest absolute Gasteiger partial charge is 0.375 e. The van der Waals surface area contributed by atoms with Gasteiger partial charge in [-0.15, -0.1) is 0 Å². The van der Waals surface area contributed by atoms with Gasteiger partial charge in [0.2, 0.25) is 5.76 Å². The summed E-state index contributed by atoms with van der Waals surface area (Å²) in [5.41, 5.74) is 0.368. The summed E-state index contributed by atoms with van der Waals surface area (Å²) in [7, 11) is 0. The Hall–Kier alpha value is -3.81. The van der Waals surface area contributed by atoms with Gasteiger partial charge in [-0.25, -0.2) is 4.79 Å². The summed E-state index contributed by atoms with van der Waals surface area (Å²) in [5, 5.41) is 3.00. The zero-order chi connectivity index (χ0) is 20.4. The van der Waals surface area contributed by atoms with Crippen LogP contribution >= 0.6 is 0 Å². The van der Waals surface area contributed by atoms with Gasteiger partial charge in [-0.2, -0.15) is 0 Å². The van der Waals surface area contributed by atoms with Crippen LogP contribution < -0.4 is 20.2 Å². The maximum Gasteiger partial charge on any atom is 0.375 e. The highest BCUT2D eigenvalue weighted by Gasteiger charge is 2.22. The molecular weight excluding hydrogens is 378 g/mol. The molecule has 4 rings (SSSR count). The van der Waals surface area contributed by atoms with E-state index in [1.807, 2.05) is 0 Å². The van der Waals surface area contributed by atoms with Gasteiger partial charge in [0.1, 0.15) is 18.8 Å². The molecule has 0 saturated heterocycles. The average molecular weight is 395 g/mol. The molecule has 2 heterocycles. The van der Waals surface area contributed by atoms with Crippen molar-refractivity contribution in [1.82, 2.24) is 0 Å². The molecule has 0 fully saturated rings. The van der Waals surface area contributed by atoms with Gasteiger partial charge in [-0.3, -0.25) is 9.59 Å². The lowest BCUT2D eigenvalue weighted by Gasteiger charge is -2.19. The maximum atomic E-state index is 12.4. The third-order valence-electron chi connectivity index (χ3n) is 4.30. The molecule has 8 nitrogen and oxygen atoms in total. The lowest BCUT2D eigenvalue weighted by molar-refractivity contribution is -0.123. The molecule has 0 aliphatic carbocycles. The first-order valence-electron chi connectivity index (χ1n) is 8.95. The number of anilines is 1. The van der Waals surface area contributed by atoms with Crippen LogP contribution in [0, 0.1) is 0 Å². The monoisotopic (exact) mass is 395 g/mol. The highest BCUT2D eigenvalue weighted by Crippen LogP contribution is 2.32. The van der Waals surface area contributed by atoms with E-state index in [1.54, 1.807) is 42.5 Å². The minimum atomic E-state index is -1.12. The second-order valence-electron chi connectivity index (χ2n) is 6.37.